The zero-order chi connectivity index (χ0) is 12.1. The molecule has 0 heterocycles. The highest BCUT2D eigenvalue weighted by molar-refractivity contribution is 7.99. The molecule has 3 heteroatoms. The molecule has 0 fully saturated rings. The Kier molecular flexibility index (Phi) is 5.16. The van der Waals surface area contributed by atoms with Crippen molar-refractivity contribution in [2.75, 3.05) is 12.9 Å². The van der Waals surface area contributed by atoms with E-state index in [1.54, 1.807) is 7.11 Å². The predicted molar refractivity (Wildman–Crippen MR) is 71.5 cm³/mol. The number of ether oxygens (including phenoxy) is 1. The minimum Gasteiger partial charge on any atom is -0.496 e. The summed E-state index contributed by atoms with van der Waals surface area (Å²) in [5, 5.41) is 0. The lowest BCUT2D eigenvalue weighted by Crippen LogP contribution is -2.15. The van der Waals surface area contributed by atoms with Crippen molar-refractivity contribution in [3.63, 3.8) is 0 Å². The molecule has 90 valence electrons. The van der Waals surface area contributed by atoms with Crippen molar-refractivity contribution in [3.05, 3.63) is 23.3 Å². The fraction of sp³-hybridized carbons (Fsp3) is 0.538. The number of aryl methyl sites for hydroxylation is 2. The van der Waals surface area contributed by atoms with Gasteiger partial charge in [0.2, 0.25) is 0 Å². The maximum atomic E-state index is 5.74. The molecular formula is C13H21NOS. The summed E-state index contributed by atoms with van der Waals surface area (Å²) in [7, 11) is 1.71. The van der Waals surface area contributed by atoms with Crippen LogP contribution in [0.2, 0.25) is 0 Å². The zero-order valence-corrected chi connectivity index (χ0v) is 11.4. The molecule has 0 aromatic heterocycles. The minimum atomic E-state index is 0.284. The van der Waals surface area contributed by atoms with Gasteiger partial charge in [0.1, 0.15) is 5.75 Å². The van der Waals surface area contributed by atoms with Gasteiger partial charge in [-0.1, -0.05) is 0 Å². The average molecular weight is 239 g/mol. The van der Waals surface area contributed by atoms with Crippen LogP contribution in [0, 0.1) is 13.8 Å². The van der Waals surface area contributed by atoms with Gasteiger partial charge in [-0.05, 0) is 56.2 Å². The van der Waals surface area contributed by atoms with Crippen LogP contribution in [0.3, 0.4) is 0 Å². The van der Waals surface area contributed by atoms with E-state index in [0.29, 0.717) is 0 Å². The Hall–Kier alpha value is -0.670. The maximum Gasteiger partial charge on any atom is 0.122 e. The second kappa shape index (κ2) is 6.16. The molecule has 0 aliphatic heterocycles. The third-order valence-electron chi connectivity index (χ3n) is 2.52. The summed E-state index contributed by atoms with van der Waals surface area (Å²) in [6.45, 7) is 6.25. The van der Waals surface area contributed by atoms with Gasteiger partial charge in [0.15, 0.2) is 0 Å². The van der Waals surface area contributed by atoms with Gasteiger partial charge in [-0.15, -0.1) is 11.8 Å². The topological polar surface area (TPSA) is 35.2 Å². The average Bonchev–Trinajstić information content (AvgIpc) is 2.22. The van der Waals surface area contributed by atoms with Crippen LogP contribution in [-0.2, 0) is 0 Å². The molecule has 1 unspecified atom stereocenters. The molecule has 0 aliphatic rings. The summed E-state index contributed by atoms with van der Waals surface area (Å²) in [5.41, 5.74) is 8.20. The van der Waals surface area contributed by atoms with Gasteiger partial charge in [0.25, 0.3) is 0 Å². The SMILES string of the molecule is COc1cc(C)c(SCCC(C)N)cc1C. The Balaban J connectivity index is 2.70. The lowest BCUT2D eigenvalue weighted by Gasteiger charge is -2.11. The Bertz CT molecular complexity index is 350. The number of methoxy groups -OCH3 is 1. The smallest absolute Gasteiger partial charge is 0.122 e. The molecular weight excluding hydrogens is 218 g/mol. The van der Waals surface area contributed by atoms with Crippen LogP contribution >= 0.6 is 11.8 Å². The van der Waals surface area contributed by atoms with E-state index in [-0.39, 0.29) is 6.04 Å². The Morgan fingerprint density at radius 2 is 2.00 bits per heavy atom. The van der Waals surface area contributed by atoms with E-state index in [4.69, 9.17) is 10.5 Å². The standard InChI is InChI=1S/C13H21NOS/c1-9-8-13(16-6-5-11(3)14)10(2)7-12(9)15-4/h7-8,11H,5-6,14H2,1-4H3. The fourth-order valence-electron chi connectivity index (χ4n) is 1.49. The van der Waals surface area contributed by atoms with Gasteiger partial charge in [0.05, 0.1) is 7.11 Å². The van der Waals surface area contributed by atoms with E-state index in [0.717, 1.165) is 17.9 Å². The first-order valence-corrected chi connectivity index (χ1v) is 6.56. The molecule has 1 rings (SSSR count). The second-order valence-corrected chi connectivity index (χ2v) is 5.34. The van der Waals surface area contributed by atoms with Crippen molar-refractivity contribution in [1.29, 1.82) is 0 Å². The number of nitrogens with two attached hydrogens (primary N) is 1. The van der Waals surface area contributed by atoms with Gasteiger partial charge >= 0.3 is 0 Å². The molecule has 2 nitrogen and oxygen atoms in total. The maximum absolute atomic E-state index is 5.74. The van der Waals surface area contributed by atoms with Crippen molar-refractivity contribution in [2.24, 2.45) is 5.73 Å². The summed E-state index contributed by atoms with van der Waals surface area (Å²) in [6.07, 6.45) is 1.05. The highest BCUT2D eigenvalue weighted by Gasteiger charge is 2.05. The largest absolute Gasteiger partial charge is 0.496 e. The quantitative estimate of drug-likeness (QED) is 0.802. The normalized spacial score (nSPS) is 12.6. The van der Waals surface area contributed by atoms with E-state index in [9.17, 15) is 0 Å². The number of rotatable bonds is 5. The molecule has 0 saturated carbocycles. The highest BCUT2D eigenvalue weighted by atomic mass is 32.2. The predicted octanol–water partition coefficient (Wildman–Crippen LogP) is 3.14. The van der Waals surface area contributed by atoms with Crippen molar-refractivity contribution in [1.82, 2.24) is 0 Å². The first-order valence-electron chi connectivity index (χ1n) is 5.58. The van der Waals surface area contributed by atoms with Crippen LogP contribution in [-0.4, -0.2) is 18.9 Å². The third kappa shape index (κ3) is 3.72. The van der Waals surface area contributed by atoms with E-state index in [1.807, 2.05) is 18.7 Å². The minimum absolute atomic E-state index is 0.284. The lowest BCUT2D eigenvalue weighted by molar-refractivity contribution is 0.411. The van der Waals surface area contributed by atoms with Crippen LogP contribution in [0.25, 0.3) is 0 Å². The molecule has 1 aromatic carbocycles. The van der Waals surface area contributed by atoms with E-state index in [2.05, 4.69) is 26.0 Å². The number of thioether (sulfide) groups is 1. The van der Waals surface area contributed by atoms with Crippen LogP contribution < -0.4 is 10.5 Å². The van der Waals surface area contributed by atoms with Gasteiger partial charge in [-0.3, -0.25) is 0 Å². The first kappa shape index (κ1) is 13.4. The Morgan fingerprint density at radius 3 is 2.56 bits per heavy atom. The number of benzene rings is 1. The fourth-order valence-corrected chi connectivity index (χ4v) is 2.75. The van der Waals surface area contributed by atoms with Crippen molar-refractivity contribution in [2.45, 2.75) is 38.1 Å². The summed E-state index contributed by atoms with van der Waals surface area (Å²) >= 11 is 1.87. The first-order chi connectivity index (χ1) is 7.54. The molecule has 0 aliphatic carbocycles. The van der Waals surface area contributed by atoms with Gasteiger partial charge in [0, 0.05) is 10.9 Å². The molecule has 1 aromatic rings. The highest BCUT2D eigenvalue weighted by Crippen LogP contribution is 2.29. The molecule has 0 saturated heterocycles. The monoisotopic (exact) mass is 239 g/mol. The molecule has 1 atom stereocenters. The summed E-state index contributed by atoms with van der Waals surface area (Å²) in [4.78, 5) is 1.33. The molecule has 0 radical (unpaired) electrons. The molecule has 0 spiro atoms. The van der Waals surface area contributed by atoms with Crippen LogP contribution in [0.5, 0.6) is 5.75 Å². The number of hydrogen-bond donors (Lipinski definition) is 1. The van der Waals surface area contributed by atoms with E-state index in [1.165, 1.54) is 16.0 Å². The Morgan fingerprint density at radius 1 is 1.31 bits per heavy atom. The van der Waals surface area contributed by atoms with Crippen LogP contribution in [0.15, 0.2) is 17.0 Å². The lowest BCUT2D eigenvalue weighted by atomic mass is 10.1. The van der Waals surface area contributed by atoms with E-state index >= 15 is 0 Å². The Labute approximate surface area is 103 Å². The van der Waals surface area contributed by atoms with Gasteiger partial charge in [-0.2, -0.15) is 0 Å². The van der Waals surface area contributed by atoms with Crippen molar-refractivity contribution >= 4 is 11.8 Å². The van der Waals surface area contributed by atoms with Crippen LogP contribution in [0.4, 0.5) is 0 Å². The van der Waals surface area contributed by atoms with Gasteiger partial charge < -0.3 is 10.5 Å². The number of hydrogen-bond acceptors (Lipinski definition) is 3. The second-order valence-electron chi connectivity index (χ2n) is 4.20. The summed E-state index contributed by atoms with van der Waals surface area (Å²) in [5.74, 6) is 2.04. The molecule has 2 N–H and O–H groups in total. The molecule has 0 amide bonds. The van der Waals surface area contributed by atoms with Crippen LogP contribution in [0.1, 0.15) is 24.5 Å². The van der Waals surface area contributed by atoms with Gasteiger partial charge in [-0.25, -0.2) is 0 Å². The van der Waals surface area contributed by atoms with E-state index < -0.39 is 0 Å². The van der Waals surface area contributed by atoms with Crippen molar-refractivity contribution < 1.29 is 4.74 Å². The summed E-state index contributed by atoms with van der Waals surface area (Å²) in [6, 6.07) is 4.58. The molecule has 16 heavy (non-hydrogen) atoms. The summed E-state index contributed by atoms with van der Waals surface area (Å²) < 4.78 is 5.29. The third-order valence-corrected chi connectivity index (χ3v) is 3.71. The van der Waals surface area contributed by atoms with Crippen molar-refractivity contribution in [3.8, 4) is 5.75 Å². The molecule has 0 bridgehead atoms. The zero-order valence-electron chi connectivity index (χ0n) is 10.5.